The largest absolute Gasteiger partial charge is 0.480 e. The molecule has 1 aromatic rings. The Morgan fingerprint density at radius 3 is 2.59 bits per heavy atom. The van der Waals surface area contributed by atoms with Gasteiger partial charge >= 0.3 is 5.97 Å². The van der Waals surface area contributed by atoms with Crippen molar-refractivity contribution in [2.75, 3.05) is 12.4 Å². The van der Waals surface area contributed by atoms with Gasteiger partial charge in [0.2, 0.25) is 5.13 Å². The van der Waals surface area contributed by atoms with E-state index in [1.807, 2.05) is 20.8 Å². The zero-order valence-corrected chi connectivity index (χ0v) is 11.1. The maximum Gasteiger partial charge on any atom is 0.326 e. The Morgan fingerprint density at radius 1 is 1.47 bits per heavy atom. The van der Waals surface area contributed by atoms with Gasteiger partial charge in [-0.1, -0.05) is 13.8 Å². The minimum Gasteiger partial charge on any atom is -0.480 e. The summed E-state index contributed by atoms with van der Waals surface area (Å²) in [6, 6.07) is -0.659. The third-order valence-electron chi connectivity index (χ3n) is 2.37. The molecule has 1 heterocycles. The van der Waals surface area contributed by atoms with E-state index in [-0.39, 0.29) is 12.0 Å². The van der Waals surface area contributed by atoms with Gasteiger partial charge in [0, 0.05) is 18.6 Å². The van der Waals surface area contributed by atoms with Crippen molar-refractivity contribution in [1.29, 1.82) is 0 Å². The number of rotatable bonds is 6. The quantitative estimate of drug-likeness (QED) is 0.810. The summed E-state index contributed by atoms with van der Waals surface area (Å²) in [5, 5.41) is 12.4. The average molecular weight is 259 g/mol. The van der Waals surface area contributed by atoms with Gasteiger partial charge in [0.15, 0.2) is 5.82 Å². The highest BCUT2D eigenvalue weighted by molar-refractivity contribution is 7.09. The first-order valence-corrected chi connectivity index (χ1v) is 6.08. The fraction of sp³-hybridized carbons (Fsp3) is 0.700. The lowest BCUT2D eigenvalue weighted by Crippen LogP contribution is -2.34. The molecule has 0 fully saturated rings. The van der Waals surface area contributed by atoms with Crippen LogP contribution in [0.4, 0.5) is 5.13 Å². The van der Waals surface area contributed by atoms with Crippen molar-refractivity contribution in [1.82, 2.24) is 9.36 Å². The van der Waals surface area contributed by atoms with Crippen LogP contribution in [0.2, 0.25) is 0 Å². The Bertz CT molecular complexity index is 381. The molecule has 0 aromatic carbocycles. The SMILES string of the molecule is COC(C)c1nsc(N[C@@H](C(=O)O)C(C)C)n1. The fourth-order valence-electron chi connectivity index (χ4n) is 1.21. The van der Waals surface area contributed by atoms with E-state index in [4.69, 9.17) is 9.84 Å². The number of ether oxygens (including phenoxy) is 1. The highest BCUT2D eigenvalue weighted by Crippen LogP contribution is 2.20. The van der Waals surface area contributed by atoms with Crippen LogP contribution < -0.4 is 5.32 Å². The van der Waals surface area contributed by atoms with Crippen molar-refractivity contribution in [3.8, 4) is 0 Å². The van der Waals surface area contributed by atoms with Gasteiger partial charge in [-0.05, 0) is 12.8 Å². The number of aliphatic carboxylic acids is 1. The summed E-state index contributed by atoms with van der Waals surface area (Å²) >= 11 is 1.14. The van der Waals surface area contributed by atoms with Crippen molar-refractivity contribution in [2.45, 2.75) is 32.9 Å². The van der Waals surface area contributed by atoms with Crippen LogP contribution in [0.5, 0.6) is 0 Å². The van der Waals surface area contributed by atoms with Gasteiger partial charge in [0.05, 0.1) is 0 Å². The zero-order chi connectivity index (χ0) is 13.0. The lowest BCUT2D eigenvalue weighted by atomic mass is 10.1. The van der Waals surface area contributed by atoms with Crippen molar-refractivity contribution in [2.24, 2.45) is 5.92 Å². The van der Waals surface area contributed by atoms with Crippen LogP contribution >= 0.6 is 11.5 Å². The summed E-state index contributed by atoms with van der Waals surface area (Å²) in [5.41, 5.74) is 0. The molecule has 0 aliphatic carbocycles. The predicted octanol–water partition coefficient (Wildman–Crippen LogP) is 1.77. The molecule has 0 amide bonds. The topological polar surface area (TPSA) is 84.3 Å². The summed E-state index contributed by atoms with van der Waals surface area (Å²) < 4.78 is 9.20. The van der Waals surface area contributed by atoms with Gasteiger partial charge in [-0.2, -0.15) is 4.37 Å². The van der Waals surface area contributed by atoms with Crippen LogP contribution in [0.15, 0.2) is 0 Å². The lowest BCUT2D eigenvalue weighted by molar-refractivity contribution is -0.138. The molecule has 0 bridgehead atoms. The fourth-order valence-corrected chi connectivity index (χ4v) is 1.89. The van der Waals surface area contributed by atoms with E-state index in [9.17, 15) is 4.79 Å². The van der Waals surface area contributed by atoms with E-state index in [1.54, 1.807) is 7.11 Å². The van der Waals surface area contributed by atoms with Crippen molar-refractivity contribution < 1.29 is 14.6 Å². The number of nitrogens with zero attached hydrogens (tertiary/aromatic N) is 2. The molecule has 0 radical (unpaired) electrons. The predicted molar refractivity (Wildman–Crippen MR) is 65.2 cm³/mol. The second-order valence-corrected chi connectivity index (χ2v) is 4.79. The summed E-state index contributed by atoms with van der Waals surface area (Å²) in [6.45, 7) is 5.51. The normalized spacial score (nSPS) is 14.6. The first-order valence-electron chi connectivity index (χ1n) is 5.31. The van der Waals surface area contributed by atoms with E-state index in [1.165, 1.54) is 0 Å². The van der Waals surface area contributed by atoms with Gasteiger partial charge in [0.1, 0.15) is 12.1 Å². The van der Waals surface area contributed by atoms with E-state index in [2.05, 4.69) is 14.7 Å². The average Bonchev–Trinajstić information content (AvgIpc) is 2.72. The maximum atomic E-state index is 11.0. The Labute approximate surface area is 104 Å². The van der Waals surface area contributed by atoms with Gasteiger partial charge < -0.3 is 15.2 Å². The molecule has 0 aliphatic heterocycles. The van der Waals surface area contributed by atoms with Gasteiger partial charge in [-0.3, -0.25) is 0 Å². The number of carboxylic acids is 1. The van der Waals surface area contributed by atoms with Gasteiger partial charge in [-0.15, -0.1) is 0 Å². The minimum absolute atomic E-state index is 0.0281. The molecule has 2 N–H and O–H groups in total. The van der Waals surface area contributed by atoms with Crippen LogP contribution in [0, 0.1) is 5.92 Å². The number of aromatic nitrogens is 2. The molecule has 2 atom stereocenters. The van der Waals surface area contributed by atoms with Crippen LogP contribution in [0.1, 0.15) is 32.7 Å². The smallest absolute Gasteiger partial charge is 0.326 e. The molecule has 0 saturated heterocycles. The number of hydrogen-bond donors (Lipinski definition) is 2. The third kappa shape index (κ3) is 3.64. The van der Waals surface area contributed by atoms with Crippen LogP contribution in [0.25, 0.3) is 0 Å². The summed E-state index contributed by atoms with van der Waals surface area (Å²) in [7, 11) is 1.58. The summed E-state index contributed by atoms with van der Waals surface area (Å²) in [4.78, 5) is 15.2. The number of anilines is 1. The van der Waals surface area contributed by atoms with Crippen LogP contribution in [0.3, 0.4) is 0 Å². The number of carbonyl (C=O) groups is 1. The van der Waals surface area contributed by atoms with Crippen molar-refractivity contribution >= 4 is 22.6 Å². The molecule has 0 aliphatic rings. The zero-order valence-electron chi connectivity index (χ0n) is 10.3. The Morgan fingerprint density at radius 2 is 2.12 bits per heavy atom. The number of carboxylic acid groups (broad SMARTS) is 1. The first-order chi connectivity index (χ1) is 7.95. The molecular formula is C10H17N3O3S. The van der Waals surface area contributed by atoms with Crippen LogP contribution in [-0.2, 0) is 9.53 Å². The molecule has 1 rings (SSSR count). The highest BCUT2D eigenvalue weighted by Gasteiger charge is 2.23. The molecule has 6 nitrogen and oxygen atoms in total. The second kappa shape index (κ2) is 5.92. The highest BCUT2D eigenvalue weighted by atomic mass is 32.1. The Kier molecular flexibility index (Phi) is 4.83. The molecule has 96 valence electrons. The molecule has 0 spiro atoms. The van der Waals surface area contributed by atoms with E-state index in [0.29, 0.717) is 11.0 Å². The first kappa shape index (κ1) is 13.9. The van der Waals surface area contributed by atoms with Gasteiger partial charge in [0.25, 0.3) is 0 Å². The van der Waals surface area contributed by atoms with Gasteiger partial charge in [-0.25, -0.2) is 9.78 Å². The molecule has 7 heteroatoms. The van der Waals surface area contributed by atoms with Crippen LogP contribution in [-0.4, -0.2) is 33.6 Å². The molecule has 1 unspecified atom stereocenters. The number of hydrogen-bond acceptors (Lipinski definition) is 6. The van der Waals surface area contributed by atoms with E-state index in [0.717, 1.165) is 11.5 Å². The molecular weight excluding hydrogens is 242 g/mol. The Balaban J connectivity index is 2.74. The maximum absolute atomic E-state index is 11.0. The molecule has 1 aromatic heterocycles. The monoisotopic (exact) mass is 259 g/mol. The minimum atomic E-state index is -0.892. The number of methoxy groups -OCH3 is 1. The third-order valence-corrected chi connectivity index (χ3v) is 3.03. The number of nitrogens with one attached hydrogen (secondary N) is 1. The lowest BCUT2D eigenvalue weighted by Gasteiger charge is -2.16. The van der Waals surface area contributed by atoms with Crippen molar-refractivity contribution in [3.63, 3.8) is 0 Å². The van der Waals surface area contributed by atoms with E-state index < -0.39 is 12.0 Å². The standard InChI is InChI=1S/C10H17N3O3S/c1-5(2)7(9(14)15)11-10-12-8(13-17-10)6(3)16-4/h5-7H,1-4H3,(H,14,15)(H,11,12,13)/t6?,7-/m1/s1. The Hall–Kier alpha value is -1.21. The molecule has 0 saturated carbocycles. The second-order valence-electron chi connectivity index (χ2n) is 4.04. The van der Waals surface area contributed by atoms with E-state index >= 15 is 0 Å². The summed E-state index contributed by atoms with van der Waals surface area (Å²) in [5.74, 6) is -0.357. The molecule has 17 heavy (non-hydrogen) atoms. The van der Waals surface area contributed by atoms with Crippen molar-refractivity contribution in [3.05, 3.63) is 5.82 Å². The summed E-state index contributed by atoms with van der Waals surface area (Å²) in [6.07, 6.45) is -0.191.